The first-order valence-electron chi connectivity index (χ1n) is 12.9. The minimum Gasteiger partial charge on any atom is -0.433 e. The molecule has 210 valence electrons. The Kier molecular flexibility index (Phi) is 8.65. The van der Waals surface area contributed by atoms with Gasteiger partial charge in [-0.15, -0.1) is 11.3 Å². The second-order valence-electron chi connectivity index (χ2n) is 9.74. The molecular formula is C26H29ClF2N4O5S. The summed E-state index contributed by atoms with van der Waals surface area (Å²) in [6, 6.07) is 7.31. The van der Waals surface area contributed by atoms with E-state index < -0.39 is 18.6 Å². The summed E-state index contributed by atoms with van der Waals surface area (Å²) < 4.78 is 37.0. The number of hydrogen-bond donors (Lipinski definition) is 2. The topological polar surface area (TPSA) is 100 Å². The van der Waals surface area contributed by atoms with Gasteiger partial charge in [0.2, 0.25) is 5.91 Å². The van der Waals surface area contributed by atoms with Crippen LogP contribution in [0.25, 0.3) is 0 Å². The molecule has 9 nitrogen and oxygen atoms in total. The number of anilines is 2. The number of carbonyl (C=O) groups is 3. The molecule has 1 saturated heterocycles. The minimum atomic E-state index is -3.14. The average molecular weight is 583 g/mol. The second-order valence-corrected chi connectivity index (χ2v) is 11.5. The highest BCUT2D eigenvalue weighted by Crippen LogP contribution is 2.38. The second kappa shape index (κ2) is 12.2. The average Bonchev–Trinajstić information content (AvgIpc) is 3.62. The molecule has 1 aliphatic heterocycles. The zero-order valence-electron chi connectivity index (χ0n) is 21.0. The van der Waals surface area contributed by atoms with Gasteiger partial charge in [0.25, 0.3) is 11.8 Å². The number of halogens is 3. The number of nitrogens with zero attached hydrogens (tertiary/aromatic N) is 2. The lowest BCUT2D eigenvalue weighted by molar-refractivity contribution is -0.125. The number of thiophene rings is 1. The number of amides is 3. The maximum absolute atomic E-state index is 13.7. The van der Waals surface area contributed by atoms with E-state index in [2.05, 4.69) is 15.5 Å². The smallest absolute Gasteiger partial charge is 0.387 e. The van der Waals surface area contributed by atoms with E-state index in [4.69, 9.17) is 21.1 Å². The van der Waals surface area contributed by atoms with Crippen molar-refractivity contribution in [3.63, 3.8) is 0 Å². The van der Waals surface area contributed by atoms with E-state index in [9.17, 15) is 23.2 Å². The fourth-order valence-corrected chi connectivity index (χ4v) is 5.85. The molecule has 1 atom stereocenters. The van der Waals surface area contributed by atoms with Crippen LogP contribution in [0.2, 0.25) is 4.34 Å². The summed E-state index contributed by atoms with van der Waals surface area (Å²) >= 11 is 7.11. The fraction of sp³-hybridized carbons (Fsp3) is 0.500. The first kappa shape index (κ1) is 27.8. The summed E-state index contributed by atoms with van der Waals surface area (Å²) in [5, 5.41) is 5.61. The van der Waals surface area contributed by atoms with Crippen molar-refractivity contribution in [2.45, 2.75) is 56.8 Å². The predicted molar refractivity (Wildman–Crippen MR) is 143 cm³/mol. The summed E-state index contributed by atoms with van der Waals surface area (Å²) in [4.78, 5) is 42.7. The van der Waals surface area contributed by atoms with Gasteiger partial charge in [0.15, 0.2) is 5.75 Å². The summed E-state index contributed by atoms with van der Waals surface area (Å²) in [5.74, 6) is -1.33. The Balaban J connectivity index is 1.37. The van der Waals surface area contributed by atoms with Crippen LogP contribution < -0.4 is 20.3 Å². The molecule has 1 aromatic carbocycles. The Morgan fingerprint density at radius 1 is 1.18 bits per heavy atom. The number of nitrogens with one attached hydrogen (secondary N) is 2. The molecule has 2 N–H and O–H groups in total. The van der Waals surface area contributed by atoms with Gasteiger partial charge in [-0.2, -0.15) is 8.78 Å². The van der Waals surface area contributed by atoms with E-state index in [1.165, 1.54) is 17.0 Å². The van der Waals surface area contributed by atoms with Gasteiger partial charge in [0.1, 0.15) is 12.6 Å². The van der Waals surface area contributed by atoms with Crippen molar-refractivity contribution in [2.24, 2.45) is 0 Å². The van der Waals surface area contributed by atoms with E-state index in [0.717, 1.165) is 43.4 Å². The monoisotopic (exact) mass is 582 g/mol. The Morgan fingerprint density at radius 2 is 1.95 bits per heavy atom. The van der Waals surface area contributed by atoms with Gasteiger partial charge in [-0.25, -0.2) is 0 Å². The standard InChI is InChI=1S/C26H29ClF2N4O5S/c27-22-9-8-21(39-22)25(36)30-13-19(33(16-4-5-16)15-2-1-3-15)24(35)31-18-7-6-17(12-20(18)38-26(28)29)32-10-11-37-14-23(32)34/h6-9,12,15-16,19,26H,1-5,10-11,13-14H2,(H,30,36)(H,31,35)/t19-/m0/s1. The Morgan fingerprint density at radius 3 is 2.56 bits per heavy atom. The van der Waals surface area contributed by atoms with Gasteiger partial charge < -0.3 is 25.0 Å². The summed E-state index contributed by atoms with van der Waals surface area (Å²) in [7, 11) is 0. The maximum Gasteiger partial charge on any atom is 0.387 e. The van der Waals surface area contributed by atoms with Gasteiger partial charge in [0.05, 0.1) is 21.5 Å². The molecule has 2 saturated carbocycles. The lowest BCUT2D eigenvalue weighted by atomic mass is 9.89. The minimum absolute atomic E-state index is 0.0403. The molecule has 13 heteroatoms. The molecule has 5 rings (SSSR count). The SMILES string of the molecule is O=C(NC[C@@H](C(=O)Nc1ccc(N2CCOCC2=O)cc1OC(F)F)N(C1CCC1)C1CC1)c1ccc(Cl)s1. The predicted octanol–water partition coefficient (Wildman–Crippen LogP) is 4.12. The van der Waals surface area contributed by atoms with Gasteiger partial charge >= 0.3 is 6.61 Å². The van der Waals surface area contributed by atoms with Gasteiger partial charge in [-0.1, -0.05) is 18.0 Å². The lowest BCUT2D eigenvalue weighted by Crippen LogP contribution is -2.57. The third-order valence-corrected chi connectivity index (χ3v) is 8.35. The van der Waals surface area contributed by atoms with Crippen molar-refractivity contribution < 1.29 is 32.6 Å². The van der Waals surface area contributed by atoms with E-state index in [-0.39, 0.29) is 55.0 Å². The zero-order chi connectivity index (χ0) is 27.5. The molecule has 3 fully saturated rings. The van der Waals surface area contributed by atoms with E-state index in [0.29, 0.717) is 21.5 Å². The van der Waals surface area contributed by atoms with Crippen LogP contribution in [0.3, 0.4) is 0 Å². The first-order valence-corrected chi connectivity index (χ1v) is 14.1. The Hall–Kier alpha value is -2.80. The van der Waals surface area contributed by atoms with Gasteiger partial charge in [0, 0.05) is 36.9 Å². The molecule has 0 unspecified atom stereocenters. The van der Waals surface area contributed by atoms with Crippen molar-refractivity contribution in [3.05, 3.63) is 39.5 Å². The van der Waals surface area contributed by atoms with Crippen LogP contribution in [-0.4, -0.2) is 73.7 Å². The normalized spacial score (nSPS) is 18.7. The number of hydrogen-bond acceptors (Lipinski definition) is 7. The van der Waals surface area contributed by atoms with Crippen molar-refractivity contribution in [1.29, 1.82) is 0 Å². The number of ether oxygens (including phenoxy) is 2. The quantitative estimate of drug-likeness (QED) is 0.413. The number of carbonyl (C=O) groups excluding carboxylic acids is 3. The number of rotatable bonds is 11. The van der Waals surface area contributed by atoms with Crippen LogP contribution in [0.1, 0.15) is 41.8 Å². The maximum atomic E-state index is 13.7. The molecule has 3 amide bonds. The molecule has 3 aliphatic rings. The van der Waals surface area contributed by atoms with Gasteiger partial charge in [-0.3, -0.25) is 19.3 Å². The number of benzene rings is 1. The highest BCUT2D eigenvalue weighted by molar-refractivity contribution is 7.18. The summed E-state index contributed by atoms with van der Waals surface area (Å²) in [6.45, 7) is -2.61. The van der Waals surface area contributed by atoms with Gasteiger partial charge in [-0.05, 0) is 49.9 Å². The molecule has 39 heavy (non-hydrogen) atoms. The summed E-state index contributed by atoms with van der Waals surface area (Å²) in [6.07, 6.45) is 4.89. The van der Waals surface area contributed by atoms with E-state index in [1.807, 2.05) is 0 Å². The van der Waals surface area contributed by atoms with Crippen LogP contribution >= 0.6 is 22.9 Å². The van der Waals surface area contributed by atoms with Crippen molar-refractivity contribution in [2.75, 3.05) is 36.5 Å². The Labute approximate surface area is 233 Å². The fourth-order valence-electron chi connectivity index (χ4n) is 4.89. The van der Waals surface area contributed by atoms with Crippen LogP contribution in [0.5, 0.6) is 5.75 Å². The molecule has 0 spiro atoms. The molecule has 0 radical (unpaired) electrons. The zero-order valence-corrected chi connectivity index (χ0v) is 22.6. The van der Waals surface area contributed by atoms with E-state index in [1.54, 1.807) is 18.2 Å². The molecule has 0 bridgehead atoms. The van der Waals surface area contributed by atoms with Crippen LogP contribution in [0, 0.1) is 0 Å². The lowest BCUT2D eigenvalue weighted by Gasteiger charge is -2.42. The molecular weight excluding hydrogens is 554 g/mol. The van der Waals surface area contributed by atoms with Crippen molar-refractivity contribution in [3.8, 4) is 5.75 Å². The first-order chi connectivity index (χ1) is 18.8. The highest BCUT2D eigenvalue weighted by atomic mass is 35.5. The third-order valence-electron chi connectivity index (χ3n) is 7.12. The van der Waals surface area contributed by atoms with Crippen molar-refractivity contribution >= 4 is 52.0 Å². The largest absolute Gasteiger partial charge is 0.433 e. The molecule has 2 aromatic rings. The molecule has 2 aliphatic carbocycles. The Bertz CT molecular complexity index is 1220. The van der Waals surface area contributed by atoms with E-state index >= 15 is 0 Å². The highest BCUT2D eigenvalue weighted by Gasteiger charge is 2.43. The molecule has 2 heterocycles. The van der Waals surface area contributed by atoms with Crippen LogP contribution in [0.15, 0.2) is 30.3 Å². The van der Waals surface area contributed by atoms with Crippen LogP contribution in [0.4, 0.5) is 20.2 Å². The number of alkyl halides is 2. The third kappa shape index (κ3) is 6.68. The summed E-state index contributed by atoms with van der Waals surface area (Å²) in [5.41, 5.74) is 0.417. The van der Waals surface area contributed by atoms with Crippen LogP contribution in [-0.2, 0) is 14.3 Å². The number of morpholine rings is 1. The molecule has 1 aromatic heterocycles. The van der Waals surface area contributed by atoms with Crippen molar-refractivity contribution in [1.82, 2.24) is 10.2 Å².